The smallest absolute Gasteiger partial charge is 0.272 e. The van der Waals surface area contributed by atoms with Crippen LogP contribution in [0.1, 0.15) is 11.7 Å². The lowest BCUT2D eigenvalue weighted by atomic mass is 10.0. The maximum absolute atomic E-state index is 12.9. The molecular weight excluding hydrogens is 219 g/mol. The Morgan fingerprint density at radius 1 is 1.44 bits per heavy atom. The molecule has 0 saturated heterocycles. The van der Waals surface area contributed by atoms with E-state index in [2.05, 4.69) is 0 Å². The average Bonchev–Trinajstić information content (AvgIpc) is 2.26. The second-order valence-electron chi connectivity index (χ2n) is 3.02. The third-order valence-electron chi connectivity index (χ3n) is 1.89. The van der Waals surface area contributed by atoms with E-state index in [-0.39, 0.29) is 5.56 Å². The summed E-state index contributed by atoms with van der Waals surface area (Å²) < 4.78 is 12.9. The molecule has 84 valence electrons. The predicted molar refractivity (Wildman–Crippen MR) is 49.6 cm³/mol. The van der Waals surface area contributed by atoms with E-state index in [9.17, 15) is 19.6 Å². The first kappa shape index (κ1) is 12.0. The Morgan fingerprint density at radius 2 is 2.06 bits per heavy atom. The van der Waals surface area contributed by atoms with Crippen molar-refractivity contribution in [1.29, 1.82) is 5.26 Å². The molecule has 1 aromatic rings. The lowest BCUT2D eigenvalue weighted by Gasteiger charge is -2.11. The van der Waals surface area contributed by atoms with Crippen LogP contribution in [0.2, 0.25) is 0 Å². The first-order valence-electron chi connectivity index (χ1n) is 4.16. The molecular formula is C9H7FN2O4. The van der Waals surface area contributed by atoms with Crippen molar-refractivity contribution >= 4 is 5.69 Å². The van der Waals surface area contributed by atoms with Crippen molar-refractivity contribution in [2.45, 2.75) is 12.2 Å². The number of nitro groups is 1. The number of aliphatic hydroxyl groups excluding tert-OH is 2. The first-order valence-corrected chi connectivity index (χ1v) is 4.16. The van der Waals surface area contributed by atoms with Crippen LogP contribution in [0.25, 0.3) is 0 Å². The topological polar surface area (TPSA) is 107 Å². The molecule has 0 aromatic heterocycles. The summed E-state index contributed by atoms with van der Waals surface area (Å²) in [4.78, 5) is 9.56. The van der Waals surface area contributed by atoms with Gasteiger partial charge in [0.1, 0.15) is 11.9 Å². The average molecular weight is 226 g/mol. The van der Waals surface area contributed by atoms with Crippen LogP contribution in [0.15, 0.2) is 18.2 Å². The molecule has 1 aromatic carbocycles. The van der Waals surface area contributed by atoms with E-state index in [4.69, 9.17) is 10.4 Å². The fourth-order valence-electron chi connectivity index (χ4n) is 1.13. The molecule has 0 aliphatic rings. The summed E-state index contributed by atoms with van der Waals surface area (Å²) in [6.07, 6.45) is -3.44. The van der Waals surface area contributed by atoms with Gasteiger partial charge in [-0.3, -0.25) is 10.1 Å². The van der Waals surface area contributed by atoms with Crippen LogP contribution in [0.3, 0.4) is 0 Å². The summed E-state index contributed by atoms with van der Waals surface area (Å²) in [7, 11) is 0. The molecule has 7 heteroatoms. The van der Waals surface area contributed by atoms with E-state index in [1.165, 1.54) is 6.07 Å². The molecule has 2 N–H and O–H groups in total. The minimum Gasteiger partial charge on any atom is -0.385 e. The Kier molecular flexibility index (Phi) is 3.50. The molecule has 1 rings (SSSR count). The zero-order chi connectivity index (χ0) is 12.3. The fourth-order valence-corrected chi connectivity index (χ4v) is 1.13. The summed E-state index contributed by atoms with van der Waals surface area (Å²) in [5.74, 6) is -0.923. The van der Waals surface area contributed by atoms with Crippen molar-refractivity contribution in [1.82, 2.24) is 0 Å². The van der Waals surface area contributed by atoms with Gasteiger partial charge in [0.25, 0.3) is 5.69 Å². The molecule has 0 fully saturated rings. The van der Waals surface area contributed by atoms with Gasteiger partial charge in [-0.2, -0.15) is 5.26 Å². The van der Waals surface area contributed by atoms with Crippen molar-refractivity contribution in [2.24, 2.45) is 0 Å². The van der Waals surface area contributed by atoms with Gasteiger partial charge in [-0.25, -0.2) is 4.39 Å². The Hall–Kier alpha value is -2.04. The van der Waals surface area contributed by atoms with Crippen LogP contribution in [0.5, 0.6) is 0 Å². The van der Waals surface area contributed by atoms with Gasteiger partial charge in [-0.1, -0.05) is 0 Å². The Balaban J connectivity index is 3.15. The van der Waals surface area contributed by atoms with Crippen molar-refractivity contribution < 1.29 is 19.5 Å². The largest absolute Gasteiger partial charge is 0.385 e. The third-order valence-corrected chi connectivity index (χ3v) is 1.89. The van der Waals surface area contributed by atoms with Gasteiger partial charge in [0, 0.05) is 6.07 Å². The summed E-state index contributed by atoms with van der Waals surface area (Å²) in [5.41, 5.74) is -0.778. The molecule has 0 spiro atoms. The standard InChI is InChI=1S/C9H7FN2O4/c10-6-1-5(9(14)8(13)4-11)2-7(3-6)12(15)16/h1-3,8-9,13-14H. The maximum Gasteiger partial charge on any atom is 0.272 e. The second kappa shape index (κ2) is 4.65. The Bertz CT molecular complexity index is 457. The van der Waals surface area contributed by atoms with Gasteiger partial charge >= 0.3 is 0 Å². The summed E-state index contributed by atoms with van der Waals surface area (Å²) in [5, 5.41) is 37.1. The van der Waals surface area contributed by atoms with Gasteiger partial charge < -0.3 is 10.2 Å². The predicted octanol–water partition coefficient (Wildman–Crippen LogP) is 0.652. The van der Waals surface area contributed by atoms with Crippen LogP contribution in [-0.4, -0.2) is 21.2 Å². The first-order chi connectivity index (χ1) is 7.45. The molecule has 0 aliphatic carbocycles. The highest BCUT2D eigenvalue weighted by Crippen LogP contribution is 2.23. The van der Waals surface area contributed by atoms with Crippen LogP contribution < -0.4 is 0 Å². The van der Waals surface area contributed by atoms with E-state index in [1.807, 2.05) is 0 Å². The van der Waals surface area contributed by atoms with Gasteiger partial charge in [0.15, 0.2) is 6.10 Å². The maximum atomic E-state index is 12.9. The Labute approximate surface area is 89.3 Å². The summed E-state index contributed by atoms with van der Waals surface area (Å²) in [6.45, 7) is 0. The normalized spacial score (nSPS) is 13.9. The van der Waals surface area contributed by atoms with Crippen molar-refractivity contribution in [3.05, 3.63) is 39.7 Å². The van der Waals surface area contributed by atoms with Crippen LogP contribution >= 0.6 is 0 Å². The number of hydrogen-bond donors (Lipinski definition) is 2. The molecule has 0 heterocycles. The molecule has 0 aliphatic heterocycles. The third kappa shape index (κ3) is 2.50. The minimum atomic E-state index is -1.76. The van der Waals surface area contributed by atoms with E-state index in [0.717, 1.165) is 12.1 Å². The molecule has 0 amide bonds. The van der Waals surface area contributed by atoms with E-state index < -0.39 is 28.6 Å². The second-order valence-corrected chi connectivity index (χ2v) is 3.02. The number of rotatable bonds is 3. The number of nitriles is 1. The highest BCUT2D eigenvalue weighted by Gasteiger charge is 2.21. The minimum absolute atomic E-state index is 0.222. The fraction of sp³-hybridized carbons (Fsp3) is 0.222. The van der Waals surface area contributed by atoms with Crippen molar-refractivity contribution in [3.8, 4) is 6.07 Å². The monoisotopic (exact) mass is 226 g/mol. The molecule has 0 saturated carbocycles. The molecule has 16 heavy (non-hydrogen) atoms. The summed E-state index contributed by atoms with van der Waals surface area (Å²) in [6, 6.07) is 3.73. The van der Waals surface area contributed by atoms with Crippen LogP contribution in [-0.2, 0) is 0 Å². The lowest BCUT2D eigenvalue weighted by molar-refractivity contribution is -0.385. The number of aliphatic hydroxyl groups is 2. The lowest BCUT2D eigenvalue weighted by Crippen LogP contribution is -2.16. The molecule has 0 bridgehead atoms. The van der Waals surface area contributed by atoms with Crippen LogP contribution in [0, 0.1) is 27.3 Å². The van der Waals surface area contributed by atoms with Gasteiger partial charge in [-0.15, -0.1) is 0 Å². The quantitative estimate of drug-likeness (QED) is 0.447. The number of halogens is 1. The van der Waals surface area contributed by atoms with Gasteiger partial charge in [-0.05, 0) is 11.6 Å². The van der Waals surface area contributed by atoms with Crippen molar-refractivity contribution in [3.63, 3.8) is 0 Å². The van der Waals surface area contributed by atoms with Gasteiger partial charge in [0.2, 0.25) is 0 Å². The Morgan fingerprint density at radius 3 is 2.56 bits per heavy atom. The number of benzene rings is 1. The van der Waals surface area contributed by atoms with Crippen molar-refractivity contribution in [2.75, 3.05) is 0 Å². The number of nitrogens with zero attached hydrogens (tertiary/aromatic N) is 2. The zero-order valence-electron chi connectivity index (χ0n) is 7.87. The van der Waals surface area contributed by atoms with E-state index in [1.54, 1.807) is 0 Å². The highest BCUT2D eigenvalue weighted by molar-refractivity contribution is 5.37. The molecule has 2 atom stereocenters. The number of hydrogen-bond acceptors (Lipinski definition) is 5. The van der Waals surface area contributed by atoms with E-state index in [0.29, 0.717) is 6.07 Å². The number of non-ortho nitro benzene ring substituents is 1. The van der Waals surface area contributed by atoms with E-state index >= 15 is 0 Å². The molecule has 2 unspecified atom stereocenters. The summed E-state index contributed by atoms with van der Waals surface area (Å²) >= 11 is 0. The molecule has 0 radical (unpaired) electrons. The highest BCUT2D eigenvalue weighted by atomic mass is 19.1. The van der Waals surface area contributed by atoms with Gasteiger partial charge in [0.05, 0.1) is 17.1 Å². The van der Waals surface area contributed by atoms with Crippen LogP contribution in [0.4, 0.5) is 10.1 Å². The SMILES string of the molecule is N#CC(O)C(O)c1cc(F)cc([N+](=O)[O-])c1. The molecule has 6 nitrogen and oxygen atoms in total. The number of nitro benzene ring substituents is 1. The zero-order valence-corrected chi connectivity index (χ0v) is 7.87.